The first-order valence-electron chi connectivity index (χ1n) is 8.77. The Morgan fingerprint density at radius 2 is 1.68 bits per heavy atom. The maximum atomic E-state index is 13.2. The van der Waals surface area contributed by atoms with Gasteiger partial charge in [0.2, 0.25) is 10.0 Å². The summed E-state index contributed by atoms with van der Waals surface area (Å²) in [5.74, 6) is 0. The zero-order valence-corrected chi connectivity index (χ0v) is 17.1. The number of alkyl halides is 1. The third-order valence-electron chi connectivity index (χ3n) is 5.05. The topological polar surface area (TPSA) is 80.5 Å². The zero-order chi connectivity index (χ0) is 19.9. The number of non-ortho nitro benzene ring substituents is 1. The molecule has 8 heteroatoms. The Hall–Kier alpha value is -2.29. The molecule has 28 heavy (non-hydrogen) atoms. The molecular formula is C20H17BrN2O4S. The van der Waals surface area contributed by atoms with Crippen molar-refractivity contribution in [3.63, 3.8) is 0 Å². The van der Waals surface area contributed by atoms with E-state index < -0.39 is 14.9 Å². The van der Waals surface area contributed by atoms with Crippen LogP contribution in [0, 0.1) is 10.1 Å². The number of benzene rings is 3. The maximum absolute atomic E-state index is 13.2. The summed E-state index contributed by atoms with van der Waals surface area (Å²) < 4.78 is 28.0. The van der Waals surface area contributed by atoms with Crippen molar-refractivity contribution in [2.45, 2.75) is 22.2 Å². The molecule has 1 aliphatic heterocycles. The molecule has 1 aliphatic rings. The predicted molar refractivity (Wildman–Crippen MR) is 111 cm³/mol. The molecule has 2 atom stereocenters. The van der Waals surface area contributed by atoms with Gasteiger partial charge in [0.1, 0.15) is 0 Å². The van der Waals surface area contributed by atoms with Gasteiger partial charge in [-0.15, -0.1) is 0 Å². The van der Waals surface area contributed by atoms with E-state index in [1.165, 1.54) is 28.6 Å². The van der Waals surface area contributed by atoms with Gasteiger partial charge in [0.05, 0.1) is 15.9 Å². The lowest BCUT2D eigenvalue weighted by molar-refractivity contribution is -0.384. The molecule has 4 rings (SSSR count). The highest BCUT2D eigenvalue weighted by Gasteiger charge is 2.41. The van der Waals surface area contributed by atoms with Gasteiger partial charge in [-0.25, -0.2) is 8.42 Å². The fraction of sp³-hybridized carbons (Fsp3) is 0.200. The molecule has 0 saturated carbocycles. The van der Waals surface area contributed by atoms with Gasteiger partial charge in [-0.1, -0.05) is 52.3 Å². The van der Waals surface area contributed by atoms with Gasteiger partial charge in [0.25, 0.3) is 5.69 Å². The number of sulfonamides is 1. The second-order valence-corrected chi connectivity index (χ2v) is 9.79. The summed E-state index contributed by atoms with van der Waals surface area (Å²) >= 11 is 3.65. The van der Waals surface area contributed by atoms with Gasteiger partial charge >= 0.3 is 0 Å². The molecule has 6 nitrogen and oxygen atoms in total. The highest BCUT2D eigenvalue weighted by Crippen LogP contribution is 2.41. The molecule has 0 N–H and O–H groups in total. The van der Waals surface area contributed by atoms with Crippen LogP contribution in [0.5, 0.6) is 0 Å². The largest absolute Gasteiger partial charge is 0.269 e. The first-order chi connectivity index (χ1) is 13.4. The Balaban J connectivity index is 1.73. The minimum atomic E-state index is -3.78. The van der Waals surface area contributed by atoms with Crippen molar-refractivity contribution in [3.05, 3.63) is 82.4 Å². The molecule has 0 spiro atoms. The summed E-state index contributed by atoms with van der Waals surface area (Å²) in [6.45, 7) is 0.382. The molecule has 0 bridgehead atoms. The Labute approximate surface area is 171 Å². The Morgan fingerprint density at radius 3 is 2.36 bits per heavy atom. The molecule has 3 aromatic carbocycles. The molecular weight excluding hydrogens is 444 g/mol. The summed E-state index contributed by atoms with van der Waals surface area (Å²) in [4.78, 5) is 10.3. The van der Waals surface area contributed by atoms with Crippen LogP contribution in [-0.4, -0.2) is 29.0 Å². The molecule has 0 amide bonds. The minimum Gasteiger partial charge on any atom is -0.258 e. The average Bonchev–Trinajstić information content (AvgIpc) is 3.10. The van der Waals surface area contributed by atoms with Crippen LogP contribution in [-0.2, 0) is 10.0 Å². The van der Waals surface area contributed by atoms with Crippen molar-refractivity contribution < 1.29 is 13.3 Å². The smallest absolute Gasteiger partial charge is 0.258 e. The Bertz CT molecular complexity index is 1150. The van der Waals surface area contributed by atoms with Crippen molar-refractivity contribution in [2.24, 2.45) is 0 Å². The third kappa shape index (κ3) is 3.32. The summed E-state index contributed by atoms with van der Waals surface area (Å²) in [7, 11) is -3.78. The van der Waals surface area contributed by atoms with Crippen LogP contribution in [0.4, 0.5) is 5.69 Å². The van der Waals surface area contributed by atoms with Crippen LogP contribution in [0.2, 0.25) is 0 Å². The molecule has 3 aromatic rings. The number of hydrogen-bond acceptors (Lipinski definition) is 4. The summed E-state index contributed by atoms with van der Waals surface area (Å²) in [6.07, 6.45) is 0.684. The lowest BCUT2D eigenvalue weighted by Crippen LogP contribution is -2.32. The van der Waals surface area contributed by atoms with E-state index in [0.29, 0.717) is 13.0 Å². The fourth-order valence-electron chi connectivity index (χ4n) is 3.64. The molecule has 144 valence electrons. The Kier molecular flexibility index (Phi) is 4.95. The molecule has 1 heterocycles. The van der Waals surface area contributed by atoms with E-state index in [4.69, 9.17) is 0 Å². The van der Waals surface area contributed by atoms with E-state index in [9.17, 15) is 18.5 Å². The van der Waals surface area contributed by atoms with Crippen molar-refractivity contribution >= 4 is 42.4 Å². The van der Waals surface area contributed by atoms with Crippen molar-refractivity contribution in [2.75, 3.05) is 6.54 Å². The second kappa shape index (κ2) is 7.27. The molecule has 0 aromatic heterocycles. The molecule has 0 aliphatic carbocycles. The third-order valence-corrected chi connectivity index (χ3v) is 7.90. The van der Waals surface area contributed by atoms with Crippen LogP contribution in [0.25, 0.3) is 10.8 Å². The van der Waals surface area contributed by atoms with Gasteiger partial charge in [-0.2, -0.15) is 4.31 Å². The average molecular weight is 461 g/mol. The predicted octanol–water partition coefficient (Wildman–Crippen LogP) is 4.65. The first-order valence-corrected chi connectivity index (χ1v) is 11.1. The van der Waals surface area contributed by atoms with Crippen molar-refractivity contribution in [1.82, 2.24) is 4.31 Å². The zero-order valence-electron chi connectivity index (χ0n) is 14.7. The maximum Gasteiger partial charge on any atom is 0.269 e. The molecule has 0 unspecified atom stereocenters. The van der Waals surface area contributed by atoms with E-state index in [1.54, 1.807) is 0 Å². The summed E-state index contributed by atoms with van der Waals surface area (Å²) in [5, 5.41) is 13.0. The summed E-state index contributed by atoms with van der Waals surface area (Å²) in [5.41, 5.74) is 0.786. The van der Waals surface area contributed by atoms with Crippen LogP contribution in [0.1, 0.15) is 18.0 Å². The van der Waals surface area contributed by atoms with E-state index in [1.807, 2.05) is 42.5 Å². The first kappa shape index (κ1) is 19.0. The van der Waals surface area contributed by atoms with Gasteiger partial charge in [0, 0.05) is 23.5 Å². The minimum absolute atomic E-state index is 0.0125. The fourth-order valence-corrected chi connectivity index (χ4v) is 6.26. The normalized spacial score (nSPS) is 20.5. The lowest BCUT2D eigenvalue weighted by Gasteiger charge is -2.26. The van der Waals surface area contributed by atoms with Crippen molar-refractivity contribution in [3.8, 4) is 0 Å². The standard InChI is InChI=1S/C20H17BrN2O4S/c21-19-11-12-22(28(26,27)18-9-7-17(8-10-18)23(24)25)20(19)16-6-5-14-3-1-2-4-15(14)13-16/h1-10,13,19-20H,11-12H2/t19-,20+/m1/s1. The number of rotatable bonds is 4. The monoisotopic (exact) mass is 460 g/mol. The van der Waals surface area contributed by atoms with E-state index >= 15 is 0 Å². The van der Waals surface area contributed by atoms with E-state index in [-0.39, 0.29) is 21.5 Å². The van der Waals surface area contributed by atoms with Gasteiger partial charge in [-0.05, 0) is 41.0 Å². The highest BCUT2D eigenvalue weighted by atomic mass is 79.9. The SMILES string of the molecule is O=[N+]([O-])c1ccc(S(=O)(=O)N2CC[C@@H](Br)[C@@H]2c2ccc3ccccc3c2)cc1. The van der Waals surface area contributed by atoms with Crippen LogP contribution in [0.3, 0.4) is 0 Å². The number of nitrogens with zero attached hydrogens (tertiary/aromatic N) is 2. The molecule has 1 fully saturated rings. The number of nitro benzene ring substituents is 1. The van der Waals surface area contributed by atoms with Gasteiger partial charge in [0.15, 0.2) is 0 Å². The van der Waals surface area contributed by atoms with Crippen LogP contribution < -0.4 is 0 Å². The lowest BCUT2D eigenvalue weighted by atomic mass is 10.0. The van der Waals surface area contributed by atoms with E-state index in [2.05, 4.69) is 15.9 Å². The number of halogens is 1. The number of fused-ring (bicyclic) bond motifs is 1. The van der Waals surface area contributed by atoms with Gasteiger partial charge < -0.3 is 0 Å². The van der Waals surface area contributed by atoms with Crippen molar-refractivity contribution in [1.29, 1.82) is 0 Å². The number of hydrogen-bond donors (Lipinski definition) is 0. The summed E-state index contributed by atoms with van der Waals surface area (Å²) in [6, 6.07) is 18.6. The van der Waals surface area contributed by atoms with Crippen LogP contribution >= 0.6 is 15.9 Å². The van der Waals surface area contributed by atoms with E-state index in [0.717, 1.165) is 16.3 Å². The number of nitro groups is 1. The molecule has 1 saturated heterocycles. The second-order valence-electron chi connectivity index (χ2n) is 6.72. The molecule has 0 radical (unpaired) electrons. The van der Waals surface area contributed by atoms with Crippen LogP contribution in [0.15, 0.2) is 71.6 Å². The Morgan fingerprint density at radius 1 is 1.00 bits per heavy atom. The van der Waals surface area contributed by atoms with Gasteiger partial charge in [-0.3, -0.25) is 10.1 Å². The highest BCUT2D eigenvalue weighted by molar-refractivity contribution is 9.09. The quantitative estimate of drug-likeness (QED) is 0.322.